The van der Waals surface area contributed by atoms with E-state index in [4.69, 9.17) is 23.2 Å². The van der Waals surface area contributed by atoms with Gasteiger partial charge in [0.05, 0.1) is 33.6 Å². The molecule has 0 amide bonds. The Morgan fingerprint density at radius 2 is 1.82 bits per heavy atom. The molecule has 5 aromatic rings. The number of rotatable bonds is 7. The van der Waals surface area contributed by atoms with Crippen molar-refractivity contribution in [1.29, 1.82) is 0 Å². The highest BCUT2D eigenvalue weighted by Gasteiger charge is 2.33. The second kappa shape index (κ2) is 9.86. The Morgan fingerprint density at radius 1 is 1.00 bits per heavy atom. The van der Waals surface area contributed by atoms with E-state index in [1.807, 2.05) is 0 Å². The lowest BCUT2D eigenvalue weighted by molar-refractivity contribution is -0.615. The van der Waals surface area contributed by atoms with E-state index in [1.54, 1.807) is 29.1 Å². The first kappa shape index (κ1) is 25.1. The number of pyridine rings is 2. The van der Waals surface area contributed by atoms with Crippen LogP contribution in [0.15, 0.2) is 61.6 Å². The van der Waals surface area contributed by atoms with Gasteiger partial charge >= 0.3 is 0 Å². The minimum absolute atomic E-state index is 0.0390. The number of hydrogen-bond donors (Lipinski definition) is 0. The van der Waals surface area contributed by atoms with Crippen LogP contribution in [0, 0.1) is 28.0 Å². The maximum atomic E-state index is 15.2. The van der Waals surface area contributed by atoms with Crippen LogP contribution in [0.4, 0.5) is 8.78 Å². The fourth-order valence-corrected chi connectivity index (χ4v) is 5.08. The van der Waals surface area contributed by atoms with Crippen molar-refractivity contribution in [2.24, 2.45) is 5.92 Å². The summed E-state index contributed by atoms with van der Waals surface area (Å²) in [6.07, 6.45) is 10.1. The van der Waals surface area contributed by atoms with Crippen LogP contribution in [0.5, 0.6) is 0 Å². The van der Waals surface area contributed by atoms with Crippen molar-refractivity contribution < 1.29 is 18.2 Å². The molecule has 4 heterocycles. The molecule has 0 saturated heterocycles. The average Bonchev–Trinajstić information content (AvgIpc) is 3.33. The second-order valence-corrected chi connectivity index (χ2v) is 10.1. The molecule has 4 aromatic heterocycles. The van der Waals surface area contributed by atoms with Crippen LogP contribution < -0.4 is 9.46 Å². The SMILES string of the molecule is [O-][n+]1cc(F)c(-c2cnn(C(CC3CC3)c3ccc(-c4c(-n5cnnn5)ccc(Cl)c4F)c[n+]3[O-])c2)c(Cl)c1. The first-order chi connectivity index (χ1) is 18.8. The van der Waals surface area contributed by atoms with Crippen LogP contribution in [0.2, 0.25) is 10.0 Å². The molecule has 1 aliphatic rings. The molecule has 6 rings (SSSR count). The maximum Gasteiger partial charge on any atom is 0.217 e. The number of aromatic nitrogens is 8. The Bertz CT molecular complexity index is 1670. The van der Waals surface area contributed by atoms with E-state index in [0.29, 0.717) is 34.0 Å². The second-order valence-electron chi connectivity index (χ2n) is 9.27. The molecule has 14 heteroatoms. The van der Waals surface area contributed by atoms with Crippen LogP contribution in [-0.2, 0) is 0 Å². The van der Waals surface area contributed by atoms with Gasteiger partial charge in [0.2, 0.25) is 11.9 Å². The maximum absolute atomic E-state index is 15.2. The van der Waals surface area contributed by atoms with Gasteiger partial charge < -0.3 is 10.4 Å². The summed E-state index contributed by atoms with van der Waals surface area (Å²) >= 11 is 12.2. The van der Waals surface area contributed by atoms with Gasteiger partial charge in [-0.1, -0.05) is 36.0 Å². The van der Waals surface area contributed by atoms with Gasteiger partial charge in [0.15, 0.2) is 24.0 Å². The molecule has 1 aromatic carbocycles. The van der Waals surface area contributed by atoms with E-state index < -0.39 is 17.7 Å². The minimum atomic E-state index is -0.791. The lowest BCUT2D eigenvalue weighted by atomic mass is 10.0. The zero-order chi connectivity index (χ0) is 27.3. The third-order valence-electron chi connectivity index (χ3n) is 6.67. The minimum Gasteiger partial charge on any atom is -0.619 e. The fourth-order valence-electron chi connectivity index (χ4n) is 4.63. The predicted octanol–water partition coefficient (Wildman–Crippen LogP) is 4.43. The first-order valence-electron chi connectivity index (χ1n) is 11.9. The molecule has 0 spiro atoms. The molecule has 1 atom stereocenters. The third kappa shape index (κ3) is 4.77. The molecule has 1 unspecified atom stereocenters. The Kier molecular flexibility index (Phi) is 6.35. The number of benzene rings is 1. The number of tetrazole rings is 1. The predicted molar refractivity (Wildman–Crippen MR) is 136 cm³/mol. The van der Waals surface area contributed by atoms with Crippen molar-refractivity contribution in [3.63, 3.8) is 0 Å². The molecule has 1 saturated carbocycles. The summed E-state index contributed by atoms with van der Waals surface area (Å²) in [4.78, 5) is 0. The van der Waals surface area contributed by atoms with Crippen molar-refractivity contribution in [2.45, 2.75) is 25.3 Å². The van der Waals surface area contributed by atoms with Gasteiger partial charge in [0.1, 0.15) is 17.4 Å². The molecule has 198 valence electrons. The van der Waals surface area contributed by atoms with Crippen LogP contribution in [0.3, 0.4) is 0 Å². The Balaban J connectivity index is 1.41. The van der Waals surface area contributed by atoms with E-state index in [-0.39, 0.29) is 31.5 Å². The van der Waals surface area contributed by atoms with Crippen LogP contribution in [-0.4, -0.2) is 30.0 Å². The van der Waals surface area contributed by atoms with E-state index in [1.165, 1.54) is 29.5 Å². The molecular weight excluding hydrogens is 553 g/mol. The number of hydrogen-bond acceptors (Lipinski definition) is 6. The summed E-state index contributed by atoms with van der Waals surface area (Å²) in [5.74, 6) is -1.11. The molecule has 0 radical (unpaired) electrons. The van der Waals surface area contributed by atoms with Crippen molar-refractivity contribution in [3.05, 3.63) is 99.4 Å². The Hall–Kier alpha value is -4.16. The highest BCUT2D eigenvalue weighted by Crippen LogP contribution is 2.40. The van der Waals surface area contributed by atoms with Gasteiger partial charge in [-0.15, -0.1) is 5.10 Å². The summed E-state index contributed by atoms with van der Waals surface area (Å²) in [7, 11) is 0. The smallest absolute Gasteiger partial charge is 0.217 e. The van der Waals surface area contributed by atoms with E-state index in [9.17, 15) is 14.8 Å². The summed E-state index contributed by atoms with van der Waals surface area (Å²) < 4.78 is 33.6. The summed E-state index contributed by atoms with van der Waals surface area (Å²) in [5.41, 5.74) is 1.41. The molecule has 10 nitrogen and oxygen atoms in total. The number of halogens is 4. The van der Waals surface area contributed by atoms with E-state index in [0.717, 1.165) is 25.2 Å². The normalized spacial score (nSPS) is 14.1. The lowest BCUT2D eigenvalue weighted by Crippen LogP contribution is -2.35. The molecule has 0 aliphatic heterocycles. The van der Waals surface area contributed by atoms with Crippen molar-refractivity contribution >= 4 is 23.2 Å². The van der Waals surface area contributed by atoms with E-state index >= 15 is 4.39 Å². The van der Waals surface area contributed by atoms with Crippen LogP contribution >= 0.6 is 23.2 Å². The van der Waals surface area contributed by atoms with Crippen molar-refractivity contribution in [2.75, 3.05) is 0 Å². The average molecular weight is 571 g/mol. The van der Waals surface area contributed by atoms with Crippen LogP contribution in [0.1, 0.15) is 31.0 Å². The highest BCUT2D eigenvalue weighted by molar-refractivity contribution is 6.33. The first-order valence-corrected chi connectivity index (χ1v) is 12.6. The monoisotopic (exact) mass is 570 g/mol. The molecule has 0 bridgehead atoms. The molecule has 1 fully saturated rings. The fraction of sp³-hybridized carbons (Fsp3) is 0.200. The Morgan fingerprint density at radius 3 is 2.51 bits per heavy atom. The molecule has 0 N–H and O–H groups in total. The van der Waals surface area contributed by atoms with E-state index in [2.05, 4.69) is 20.6 Å². The largest absolute Gasteiger partial charge is 0.619 e. The van der Waals surface area contributed by atoms with Gasteiger partial charge in [0, 0.05) is 17.8 Å². The standard InChI is InChI=1S/C25H18Cl2F2N8O2/c26-17-4-6-21(36-13-30-32-33-36)24(25(17)29)15-3-5-20(37(39)10-15)22(7-14-1-2-14)35-9-16(8-31-35)23-18(27)11-34(38)12-19(23)28/h3-6,8-14,22H,1-2,7H2. The molecule has 39 heavy (non-hydrogen) atoms. The topological polar surface area (TPSA) is 115 Å². The Labute approximate surface area is 229 Å². The third-order valence-corrected chi connectivity index (χ3v) is 7.24. The van der Waals surface area contributed by atoms with Gasteiger partial charge in [0.25, 0.3) is 0 Å². The summed E-state index contributed by atoms with van der Waals surface area (Å²) in [6, 6.07) is 5.68. The van der Waals surface area contributed by atoms with Gasteiger partial charge in [-0.25, -0.2) is 4.39 Å². The van der Waals surface area contributed by atoms with Crippen molar-refractivity contribution in [1.82, 2.24) is 30.0 Å². The van der Waals surface area contributed by atoms with Crippen molar-refractivity contribution in [3.8, 4) is 27.9 Å². The zero-order valence-electron chi connectivity index (χ0n) is 20.0. The number of nitrogens with zero attached hydrogens (tertiary/aromatic N) is 8. The van der Waals surface area contributed by atoms with Gasteiger partial charge in [-0.05, 0) is 41.0 Å². The van der Waals surface area contributed by atoms with Gasteiger partial charge in [-0.3, -0.25) is 4.68 Å². The molecule has 1 aliphatic carbocycles. The zero-order valence-corrected chi connectivity index (χ0v) is 21.5. The van der Waals surface area contributed by atoms with Crippen LogP contribution in [0.25, 0.3) is 27.9 Å². The van der Waals surface area contributed by atoms with Gasteiger partial charge in [-0.2, -0.15) is 23.6 Å². The molecular formula is C25H18Cl2F2N8O2. The lowest BCUT2D eigenvalue weighted by Gasteiger charge is -2.18. The summed E-state index contributed by atoms with van der Waals surface area (Å²) in [5, 5.41) is 40.2. The summed E-state index contributed by atoms with van der Waals surface area (Å²) in [6.45, 7) is 0. The quantitative estimate of drug-likeness (QED) is 0.211. The highest BCUT2D eigenvalue weighted by atomic mass is 35.5.